The first-order valence-electron chi connectivity index (χ1n) is 6.69. The van der Waals surface area contributed by atoms with E-state index in [-0.39, 0.29) is 23.8 Å². The number of hydrogen-bond acceptors (Lipinski definition) is 4. The van der Waals surface area contributed by atoms with Crippen LogP contribution in [-0.2, 0) is 16.0 Å². The van der Waals surface area contributed by atoms with Gasteiger partial charge in [0.1, 0.15) is 0 Å². The van der Waals surface area contributed by atoms with E-state index in [4.69, 9.17) is 10.5 Å². The van der Waals surface area contributed by atoms with Gasteiger partial charge in [-0.1, -0.05) is 30.3 Å². The molecule has 0 saturated heterocycles. The van der Waals surface area contributed by atoms with Gasteiger partial charge in [0.2, 0.25) is 0 Å². The number of ether oxygens (including phenoxy) is 1. The van der Waals surface area contributed by atoms with E-state index in [1.54, 1.807) is 0 Å². The van der Waals surface area contributed by atoms with E-state index in [1.165, 1.54) is 7.11 Å². The standard InChI is InChI=1S/C15H21NO3/c1-19-15(18)12-8-7-11(12)14(17)13(16)9-10-5-3-2-4-6-10/h2-6,11-14,17H,7-9,16H2,1H3. The number of carbonyl (C=O) groups excluding carboxylic acids is 1. The maximum Gasteiger partial charge on any atom is 0.309 e. The summed E-state index contributed by atoms with van der Waals surface area (Å²) < 4.78 is 4.74. The maximum absolute atomic E-state index is 11.5. The smallest absolute Gasteiger partial charge is 0.309 e. The number of aliphatic hydroxyl groups is 1. The molecule has 1 aromatic rings. The Kier molecular flexibility index (Phi) is 4.56. The number of esters is 1. The van der Waals surface area contributed by atoms with Crippen molar-refractivity contribution in [2.75, 3.05) is 7.11 Å². The molecule has 0 amide bonds. The third-order valence-electron chi connectivity index (χ3n) is 4.02. The molecule has 4 heteroatoms. The number of benzene rings is 1. The summed E-state index contributed by atoms with van der Waals surface area (Å²) in [6.45, 7) is 0. The van der Waals surface area contributed by atoms with Crippen molar-refractivity contribution in [2.24, 2.45) is 17.6 Å². The molecule has 1 saturated carbocycles. The molecule has 2 rings (SSSR count). The topological polar surface area (TPSA) is 72.5 Å². The Morgan fingerprint density at radius 3 is 2.63 bits per heavy atom. The number of hydrogen-bond donors (Lipinski definition) is 2. The van der Waals surface area contributed by atoms with Crippen LogP contribution in [0.1, 0.15) is 18.4 Å². The van der Waals surface area contributed by atoms with Crippen LogP contribution in [0.5, 0.6) is 0 Å². The Morgan fingerprint density at radius 1 is 1.42 bits per heavy atom. The highest BCUT2D eigenvalue weighted by Crippen LogP contribution is 2.38. The SMILES string of the molecule is COC(=O)C1CCC1C(O)C(N)Cc1ccccc1. The lowest BCUT2D eigenvalue weighted by Crippen LogP contribution is -2.49. The van der Waals surface area contributed by atoms with E-state index < -0.39 is 6.10 Å². The van der Waals surface area contributed by atoms with Crippen LogP contribution >= 0.6 is 0 Å². The summed E-state index contributed by atoms with van der Waals surface area (Å²) in [6, 6.07) is 9.49. The van der Waals surface area contributed by atoms with Crippen LogP contribution in [0.15, 0.2) is 30.3 Å². The minimum Gasteiger partial charge on any atom is -0.469 e. The van der Waals surface area contributed by atoms with Crippen LogP contribution in [0.3, 0.4) is 0 Å². The molecule has 1 aliphatic rings. The molecule has 1 aliphatic carbocycles. The molecule has 4 nitrogen and oxygen atoms in total. The quantitative estimate of drug-likeness (QED) is 0.781. The summed E-state index contributed by atoms with van der Waals surface area (Å²) in [5.74, 6) is -0.491. The molecule has 0 aromatic heterocycles. The zero-order valence-corrected chi connectivity index (χ0v) is 11.2. The molecule has 104 valence electrons. The van der Waals surface area contributed by atoms with E-state index in [2.05, 4.69) is 0 Å². The second kappa shape index (κ2) is 6.17. The molecule has 0 spiro atoms. The van der Waals surface area contributed by atoms with Crippen molar-refractivity contribution in [2.45, 2.75) is 31.4 Å². The molecule has 1 aromatic carbocycles. The average Bonchev–Trinajstić information content (AvgIpc) is 2.38. The van der Waals surface area contributed by atoms with Crippen LogP contribution in [0.4, 0.5) is 0 Å². The first kappa shape index (κ1) is 14.0. The van der Waals surface area contributed by atoms with Crippen molar-refractivity contribution in [1.82, 2.24) is 0 Å². The van der Waals surface area contributed by atoms with E-state index in [0.717, 1.165) is 18.4 Å². The Balaban J connectivity index is 1.92. The highest BCUT2D eigenvalue weighted by molar-refractivity contribution is 5.73. The third-order valence-corrected chi connectivity index (χ3v) is 4.02. The van der Waals surface area contributed by atoms with Gasteiger partial charge in [-0.15, -0.1) is 0 Å². The fraction of sp³-hybridized carbons (Fsp3) is 0.533. The van der Waals surface area contributed by atoms with Crippen molar-refractivity contribution >= 4 is 5.97 Å². The molecule has 4 atom stereocenters. The molecule has 0 radical (unpaired) electrons. The van der Waals surface area contributed by atoms with E-state index in [1.807, 2.05) is 30.3 Å². The van der Waals surface area contributed by atoms with Gasteiger partial charge in [0, 0.05) is 6.04 Å². The zero-order valence-electron chi connectivity index (χ0n) is 11.2. The minimum absolute atomic E-state index is 0.0637. The van der Waals surface area contributed by atoms with Crippen molar-refractivity contribution in [3.8, 4) is 0 Å². The van der Waals surface area contributed by atoms with Gasteiger partial charge in [-0.2, -0.15) is 0 Å². The summed E-state index contributed by atoms with van der Waals surface area (Å²) in [7, 11) is 1.38. The second-order valence-electron chi connectivity index (χ2n) is 5.22. The molecular formula is C15H21NO3. The van der Waals surface area contributed by atoms with Crippen molar-refractivity contribution < 1.29 is 14.6 Å². The van der Waals surface area contributed by atoms with Gasteiger partial charge in [-0.3, -0.25) is 4.79 Å². The van der Waals surface area contributed by atoms with Crippen LogP contribution in [-0.4, -0.2) is 30.3 Å². The highest BCUT2D eigenvalue weighted by Gasteiger charge is 2.43. The molecule has 0 heterocycles. The predicted molar refractivity (Wildman–Crippen MR) is 72.4 cm³/mol. The molecule has 0 aliphatic heterocycles. The Morgan fingerprint density at radius 2 is 2.11 bits per heavy atom. The first-order valence-corrected chi connectivity index (χ1v) is 6.69. The lowest BCUT2D eigenvalue weighted by atomic mass is 9.68. The van der Waals surface area contributed by atoms with Crippen LogP contribution in [0.25, 0.3) is 0 Å². The van der Waals surface area contributed by atoms with Gasteiger partial charge < -0.3 is 15.6 Å². The van der Waals surface area contributed by atoms with Gasteiger partial charge >= 0.3 is 5.97 Å². The lowest BCUT2D eigenvalue weighted by molar-refractivity contribution is -0.155. The summed E-state index contributed by atoms with van der Waals surface area (Å²) >= 11 is 0. The Bertz CT molecular complexity index is 421. The highest BCUT2D eigenvalue weighted by atomic mass is 16.5. The number of rotatable bonds is 5. The minimum atomic E-state index is -0.655. The normalized spacial score (nSPS) is 25.2. The summed E-state index contributed by atoms with van der Waals surface area (Å²) in [4.78, 5) is 11.5. The molecular weight excluding hydrogens is 242 g/mol. The molecule has 4 unspecified atom stereocenters. The van der Waals surface area contributed by atoms with Crippen molar-refractivity contribution in [3.63, 3.8) is 0 Å². The lowest BCUT2D eigenvalue weighted by Gasteiger charge is -2.39. The molecule has 1 fully saturated rings. The van der Waals surface area contributed by atoms with Crippen LogP contribution in [0, 0.1) is 11.8 Å². The number of nitrogens with two attached hydrogens (primary N) is 1. The number of methoxy groups -OCH3 is 1. The Labute approximate surface area is 113 Å². The first-order chi connectivity index (χ1) is 9.13. The van der Waals surface area contributed by atoms with Gasteiger partial charge in [0.25, 0.3) is 0 Å². The van der Waals surface area contributed by atoms with E-state index in [9.17, 15) is 9.90 Å². The van der Waals surface area contributed by atoms with Gasteiger partial charge in [-0.25, -0.2) is 0 Å². The maximum atomic E-state index is 11.5. The van der Waals surface area contributed by atoms with Crippen molar-refractivity contribution in [3.05, 3.63) is 35.9 Å². The molecule has 19 heavy (non-hydrogen) atoms. The third kappa shape index (κ3) is 3.14. The molecule has 0 bridgehead atoms. The number of aliphatic hydroxyl groups excluding tert-OH is 1. The van der Waals surface area contributed by atoms with Gasteiger partial charge in [0.05, 0.1) is 19.1 Å². The predicted octanol–water partition coefficient (Wildman–Crippen LogP) is 1.12. The fourth-order valence-corrected chi connectivity index (χ4v) is 2.70. The van der Waals surface area contributed by atoms with Gasteiger partial charge in [0.15, 0.2) is 0 Å². The summed E-state index contributed by atoms with van der Waals surface area (Å²) in [6.07, 6.45) is 1.58. The molecule has 3 N–H and O–H groups in total. The van der Waals surface area contributed by atoms with Crippen molar-refractivity contribution in [1.29, 1.82) is 0 Å². The monoisotopic (exact) mass is 263 g/mol. The summed E-state index contributed by atoms with van der Waals surface area (Å²) in [5, 5.41) is 10.3. The van der Waals surface area contributed by atoms with Gasteiger partial charge in [-0.05, 0) is 30.7 Å². The largest absolute Gasteiger partial charge is 0.469 e. The fourth-order valence-electron chi connectivity index (χ4n) is 2.70. The van der Waals surface area contributed by atoms with E-state index in [0.29, 0.717) is 6.42 Å². The average molecular weight is 263 g/mol. The number of carbonyl (C=O) groups is 1. The van der Waals surface area contributed by atoms with E-state index >= 15 is 0 Å². The zero-order chi connectivity index (χ0) is 13.8. The Hall–Kier alpha value is -1.39. The second-order valence-corrected chi connectivity index (χ2v) is 5.22. The van der Waals surface area contributed by atoms with Crippen LogP contribution in [0.2, 0.25) is 0 Å². The summed E-state index contributed by atoms with van der Waals surface area (Å²) in [5.41, 5.74) is 7.16. The van der Waals surface area contributed by atoms with Crippen LogP contribution < -0.4 is 5.73 Å².